The van der Waals surface area contributed by atoms with Crippen molar-refractivity contribution < 1.29 is 14.3 Å². The van der Waals surface area contributed by atoms with Crippen LogP contribution in [-0.4, -0.2) is 43.2 Å². The molecule has 0 saturated carbocycles. The Hall–Kier alpha value is -2.79. The highest BCUT2D eigenvalue weighted by Gasteiger charge is 2.35. The van der Waals surface area contributed by atoms with Gasteiger partial charge in [0.2, 0.25) is 5.91 Å². The molecule has 2 aromatic carbocycles. The lowest BCUT2D eigenvalue weighted by molar-refractivity contribution is -0.129. The average Bonchev–Trinajstić information content (AvgIpc) is 3.26. The molecule has 140 valence electrons. The maximum absolute atomic E-state index is 12.5. The lowest BCUT2D eigenvalue weighted by atomic mass is 9.97. The van der Waals surface area contributed by atoms with Gasteiger partial charge in [0, 0.05) is 42.1 Å². The standard InChI is InChI=1S/C22H24N2O3/c1-26-13-12-24-19(10-11-20(24)25)21-17-8-3-4-9-18(17)23-22(21)15-6-5-7-16(14-15)27-2/h3-9,14,19,23H,10-13H2,1-2H3. The highest BCUT2D eigenvalue weighted by Crippen LogP contribution is 2.42. The van der Waals surface area contributed by atoms with E-state index in [1.807, 2.05) is 35.2 Å². The number of aromatic nitrogens is 1. The number of carbonyl (C=O) groups is 1. The van der Waals surface area contributed by atoms with Gasteiger partial charge in [-0.25, -0.2) is 0 Å². The van der Waals surface area contributed by atoms with Crippen LogP contribution in [0.2, 0.25) is 0 Å². The van der Waals surface area contributed by atoms with E-state index in [4.69, 9.17) is 9.47 Å². The number of likely N-dealkylation sites (tertiary alicyclic amines) is 1. The summed E-state index contributed by atoms with van der Waals surface area (Å²) in [4.78, 5) is 18.0. The summed E-state index contributed by atoms with van der Waals surface area (Å²) in [6.45, 7) is 1.15. The first kappa shape index (κ1) is 17.6. The van der Waals surface area contributed by atoms with Gasteiger partial charge in [-0.05, 0) is 24.6 Å². The molecule has 3 aromatic rings. The maximum Gasteiger partial charge on any atom is 0.223 e. The lowest BCUT2D eigenvalue weighted by Crippen LogP contribution is -2.31. The summed E-state index contributed by atoms with van der Waals surface area (Å²) in [5, 5.41) is 1.16. The molecule has 0 radical (unpaired) electrons. The zero-order valence-corrected chi connectivity index (χ0v) is 15.7. The first-order valence-corrected chi connectivity index (χ1v) is 9.26. The number of hydrogen-bond donors (Lipinski definition) is 1. The van der Waals surface area contributed by atoms with Crippen LogP contribution < -0.4 is 4.74 Å². The second-order valence-corrected chi connectivity index (χ2v) is 6.83. The van der Waals surface area contributed by atoms with E-state index in [-0.39, 0.29) is 11.9 Å². The van der Waals surface area contributed by atoms with Crippen molar-refractivity contribution >= 4 is 16.8 Å². The number of rotatable bonds is 6. The predicted octanol–water partition coefficient (Wildman–Crippen LogP) is 4.15. The Morgan fingerprint density at radius 1 is 1.15 bits per heavy atom. The van der Waals surface area contributed by atoms with Gasteiger partial charge in [0.25, 0.3) is 0 Å². The van der Waals surface area contributed by atoms with Crippen LogP contribution >= 0.6 is 0 Å². The predicted molar refractivity (Wildman–Crippen MR) is 106 cm³/mol. The quantitative estimate of drug-likeness (QED) is 0.715. The van der Waals surface area contributed by atoms with Gasteiger partial charge in [-0.2, -0.15) is 0 Å². The van der Waals surface area contributed by atoms with Gasteiger partial charge < -0.3 is 19.4 Å². The van der Waals surface area contributed by atoms with Crippen molar-refractivity contribution in [2.24, 2.45) is 0 Å². The van der Waals surface area contributed by atoms with E-state index >= 15 is 0 Å². The number of methoxy groups -OCH3 is 2. The molecule has 1 atom stereocenters. The number of amides is 1. The Morgan fingerprint density at radius 2 is 2.00 bits per heavy atom. The van der Waals surface area contributed by atoms with Crippen molar-refractivity contribution in [3.05, 3.63) is 54.1 Å². The molecular formula is C22H24N2O3. The summed E-state index contributed by atoms with van der Waals surface area (Å²) in [5.41, 5.74) is 4.38. The van der Waals surface area contributed by atoms with E-state index in [0.29, 0.717) is 19.6 Å². The monoisotopic (exact) mass is 364 g/mol. The van der Waals surface area contributed by atoms with E-state index in [0.717, 1.165) is 34.3 Å². The van der Waals surface area contributed by atoms with Crippen molar-refractivity contribution in [2.45, 2.75) is 18.9 Å². The zero-order chi connectivity index (χ0) is 18.8. The zero-order valence-electron chi connectivity index (χ0n) is 15.7. The Bertz CT molecular complexity index is 963. The molecule has 1 N–H and O–H groups in total. The molecule has 27 heavy (non-hydrogen) atoms. The van der Waals surface area contributed by atoms with Gasteiger partial charge in [0.15, 0.2) is 0 Å². The Morgan fingerprint density at radius 3 is 2.81 bits per heavy atom. The van der Waals surface area contributed by atoms with Crippen molar-refractivity contribution in [1.29, 1.82) is 0 Å². The van der Waals surface area contributed by atoms with Crippen LogP contribution in [-0.2, 0) is 9.53 Å². The second kappa shape index (κ2) is 7.45. The molecule has 0 spiro atoms. The number of benzene rings is 2. The first-order chi connectivity index (χ1) is 13.2. The fraction of sp³-hybridized carbons (Fsp3) is 0.318. The lowest BCUT2D eigenvalue weighted by Gasteiger charge is -2.25. The van der Waals surface area contributed by atoms with Gasteiger partial charge in [-0.1, -0.05) is 30.3 Å². The molecule has 1 saturated heterocycles. The van der Waals surface area contributed by atoms with Crippen molar-refractivity contribution in [1.82, 2.24) is 9.88 Å². The van der Waals surface area contributed by atoms with Crippen LogP contribution in [0.4, 0.5) is 0 Å². The first-order valence-electron chi connectivity index (χ1n) is 9.26. The number of nitrogens with one attached hydrogen (secondary N) is 1. The highest BCUT2D eigenvalue weighted by atomic mass is 16.5. The second-order valence-electron chi connectivity index (χ2n) is 6.83. The molecule has 4 rings (SSSR count). The third kappa shape index (κ3) is 3.19. The molecule has 1 amide bonds. The molecule has 5 nitrogen and oxygen atoms in total. The molecule has 0 aliphatic carbocycles. The number of ether oxygens (including phenoxy) is 2. The minimum absolute atomic E-state index is 0.0463. The summed E-state index contributed by atoms with van der Waals surface area (Å²) in [7, 11) is 3.34. The average molecular weight is 364 g/mol. The number of H-pyrrole nitrogens is 1. The largest absolute Gasteiger partial charge is 0.497 e. The van der Waals surface area contributed by atoms with E-state index < -0.39 is 0 Å². The molecule has 1 aliphatic rings. The maximum atomic E-state index is 12.5. The Kier molecular flexibility index (Phi) is 4.86. The topological polar surface area (TPSA) is 54.6 Å². The molecule has 0 bridgehead atoms. The Labute approximate surface area is 158 Å². The van der Waals surface area contributed by atoms with Crippen LogP contribution in [0.3, 0.4) is 0 Å². The summed E-state index contributed by atoms with van der Waals surface area (Å²) >= 11 is 0. The van der Waals surface area contributed by atoms with Crippen LogP contribution in [0, 0.1) is 0 Å². The number of nitrogens with zero attached hydrogens (tertiary/aromatic N) is 1. The number of fused-ring (bicyclic) bond motifs is 1. The number of hydrogen-bond acceptors (Lipinski definition) is 3. The van der Waals surface area contributed by atoms with Gasteiger partial charge >= 0.3 is 0 Å². The number of para-hydroxylation sites is 1. The molecule has 1 fully saturated rings. The van der Waals surface area contributed by atoms with Gasteiger partial charge in [-0.3, -0.25) is 4.79 Å². The van der Waals surface area contributed by atoms with Crippen molar-refractivity contribution in [2.75, 3.05) is 27.4 Å². The Balaban J connectivity index is 1.87. The van der Waals surface area contributed by atoms with E-state index in [1.54, 1.807) is 14.2 Å². The SMILES string of the molecule is COCCN1C(=O)CCC1c1c(-c2cccc(OC)c2)[nH]c2ccccc12. The van der Waals surface area contributed by atoms with Gasteiger partial charge in [0.1, 0.15) is 5.75 Å². The normalized spacial score (nSPS) is 17.0. The molecule has 1 aliphatic heterocycles. The molecule has 5 heteroatoms. The molecule has 1 unspecified atom stereocenters. The van der Waals surface area contributed by atoms with E-state index in [2.05, 4.69) is 23.2 Å². The summed E-state index contributed by atoms with van der Waals surface area (Å²) in [6.07, 6.45) is 1.40. The minimum Gasteiger partial charge on any atom is -0.497 e. The summed E-state index contributed by atoms with van der Waals surface area (Å²) in [5.74, 6) is 1.01. The summed E-state index contributed by atoms with van der Waals surface area (Å²) in [6, 6.07) is 16.4. The highest BCUT2D eigenvalue weighted by molar-refractivity contribution is 5.93. The smallest absolute Gasteiger partial charge is 0.223 e. The third-order valence-corrected chi connectivity index (χ3v) is 5.30. The number of carbonyl (C=O) groups excluding carboxylic acids is 1. The van der Waals surface area contributed by atoms with Crippen LogP contribution in [0.5, 0.6) is 5.75 Å². The molecule has 1 aromatic heterocycles. The van der Waals surface area contributed by atoms with E-state index in [1.165, 1.54) is 5.56 Å². The summed E-state index contributed by atoms with van der Waals surface area (Å²) < 4.78 is 10.6. The molecular weight excluding hydrogens is 340 g/mol. The fourth-order valence-electron chi connectivity index (χ4n) is 4.02. The van der Waals surface area contributed by atoms with Crippen LogP contribution in [0.25, 0.3) is 22.2 Å². The van der Waals surface area contributed by atoms with Gasteiger partial charge in [-0.15, -0.1) is 0 Å². The van der Waals surface area contributed by atoms with Gasteiger partial charge in [0.05, 0.1) is 25.5 Å². The van der Waals surface area contributed by atoms with Crippen LogP contribution in [0.1, 0.15) is 24.4 Å². The van der Waals surface area contributed by atoms with Crippen molar-refractivity contribution in [3.8, 4) is 17.0 Å². The van der Waals surface area contributed by atoms with Crippen molar-refractivity contribution in [3.63, 3.8) is 0 Å². The number of aromatic amines is 1. The third-order valence-electron chi connectivity index (χ3n) is 5.30. The minimum atomic E-state index is 0.0463. The van der Waals surface area contributed by atoms with E-state index in [9.17, 15) is 4.79 Å². The fourth-order valence-corrected chi connectivity index (χ4v) is 4.02. The molecule has 2 heterocycles. The van der Waals surface area contributed by atoms with Crippen LogP contribution in [0.15, 0.2) is 48.5 Å².